The number of carbonyl (C=O) groups is 1. The van der Waals surface area contributed by atoms with Crippen LogP contribution in [0.25, 0.3) is 0 Å². The first-order valence-corrected chi connectivity index (χ1v) is 8.60. The van der Waals surface area contributed by atoms with E-state index < -0.39 is 0 Å². The maximum Gasteiger partial charge on any atom is 0.258 e. The van der Waals surface area contributed by atoms with Gasteiger partial charge in [-0.25, -0.2) is 0 Å². The first kappa shape index (κ1) is 14.1. The quantitative estimate of drug-likeness (QED) is 0.834. The Morgan fingerprint density at radius 3 is 2.45 bits per heavy atom. The van der Waals surface area contributed by atoms with E-state index in [0.29, 0.717) is 11.8 Å². The summed E-state index contributed by atoms with van der Waals surface area (Å²) in [6.07, 6.45) is 6.51. The van der Waals surface area contributed by atoms with Gasteiger partial charge >= 0.3 is 0 Å². The zero-order valence-corrected chi connectivity index (χ0v) is 13.5. The van der Waals surface area contributed by atoms with Gasteiger partial charge in [0.15, 0.2) is 0 Å². The van der Waals surface area contributed by atoms with Crippen molar-refractivity contribution >= 4 is 5.91 Å². The van der Waals surface area contributed by atoms with Gasteiger partial charge in [-0.15, -0.1) is 0 Å². The van der Waals surface area contributed by atoms with Gasteiger partial charge in [0, 0.05) is 12.6 Å². The fraction of sp³-hybridized carbons (Fsp3) is 0.632. The third kappa shape index (κ3) is 2.22. The molecule has 2 aliphatic carbocycles. The number of fused-ring (bicyclic) bond motifs is 1. The van der Waals surface area contributed by atoms with Crippen molar-refractivity contribution in [2.45, 2.75) is 45.1 Å². The van der Waals surface area contributed by atoms with E-state index in [9.17, 15) is 4.79 Å². The highest BCUT2D eigenvalue weighted by Gasteiger charge is 2.44. The Morgan fingerprint density at radius 1 is 1.09 bits per heavy atom. The van der Waals surface area contributed by atoms with E-state index in [1.807, 2.05) is 25.1 Å². The SMILES string of the molecule is COc1cccc(C)c1C(=O)N1CC2CC3CC(C2)CC1C3. The number of carbonyl (C=O) groups excluding carboxylic acids is 1. The molecule has 2 saturated heterocycles. The van der Waals surface area contributed by atoms with E-state index in [1.54, 1.807) is 7.11 Å². The van der Waals surface area contributed by atoms with Gasteiger partial charge < -0.3 is 9.64 Å². The molecule has 0 radical (unpaired) electrons. The van der Waals surface area contributed by atoms with Gasteiger partial charge in [0.05, 0.1) is 12.7 Å². The van der Waals surface area contributed by atoms with Crippen molar-refractivity contribution in [1.29, 1.82) is 0 Å². The Hall–Kier alpha value is -1.51. The van der Waals surface area contributed by atoms with Crippen molar-refractivity contribution in [2.24, 2.45) is 17.8 Å². The summed E-state index contributed by atoms with van der Waals surface area (Å²) in [7, 11) is 1.65. The summed E-state index contributed by atoms with van der Waals surface area (Å²) in [5.74, 6) is 3.34. The van der Waals surface area contributed by atoms with Crippen LogP contribution < -0.4 is 4.74 Å². The van der Waals surface area contributed by atoms with E-state index in [1.165, 1.54) is 32.1 Å². The number of benzene rings is 1. The van der Waals surface area contributed by atoms with Gasteiger partial charge in [-0.2, -0.15) is 0 Å². The van der Waals surface area contributed by atoms with E-state index in [4.69, 9.17) is 4.74 Å². The molecule has 2 saturated carbocycles. The van der Waals surface area contributed by atoms with Crippen molar-refractivity contribution in [3.8, 4) is 5.75 Å². The first-order chi connectivity index (χ1) is 10.7. The number of methoxy groups -OCH3 is 1. The van der Waals surface area contributed by atoms with Crippen LogP contribution in [0.5, 0.6) is 5.75 Å². The van der Waals surface area contributed by atoms with Crippen molar-refractivity contribution in [3.63, 3.8) is 0 Å². The zero-order chi connectivity index (χ0) is 15.3. The van der Waals surface area contributed by atoms with E-state index in [2.05, 4.69) is 4.90 Å². The van der Waals surface area contributed by atoms with Crippen LogP contribution >= 0.6 is 0 Å². The number of hydrogen-bond donors (Lipinski definition) is 0. The minimum absolute atomic E-state index is 0.188. The number of nitrogens with zero attached hydrogens (tertiary/aromatic N) is 1. The van der Waals surface area contributed by atoms with Gasteiger partial charge in [-0.05, 0) is 68.4 Å². The Morgan fingerprint density at radius 2 is 1.77 bits per heavy atom. The number of ether oxygens (including phenoxy) is 1. The highest BCUT2D eigenvalue weighted by molar-refractivity contribution is 5.98. The maximum atomic E-state index is 13.3. The Kier molecular flexibility index (Phi) is 3.39. The lowest BCUT2D eigenvalue weighted by Gasteiger charge is -2.39. The van der Waals surface area contributed by atoms with Gasteiger partial charge in [-0.1, -0.05) is 12.1 Å². The molecule has 0 N–H and O–H groups in total. The van der Waals surface area contributed by atoms with Crippen LogP contribution in [-0.4, -0.2) is 30.5 Å². The molecule has 0 spiro atoms. The Balaban J connectivity index is 1.69. The molecule has 2 unspecified atom stereocenters. The molecule has 4 fully saturated rings. The standard InChI is InChI=1S/C19H25NO2/c1-12-4-3-5-17(22-2)18(12)19(21)20-11-15-7-13-6-14(8-15)10-16(20)9-13/h3-5,13-16H,6-11H2,1-2H3. The van der Waals surface area contributed by atoms with Crippen LogP contribution in [0.4, 0.5) is 0 Å². The van der Waals surface area contributed by atoms with Crippen LogP contribution in [-0.2, 0) is 0 Å². The number of aryl methyl sites for hydroxylation is 1. The molecule has 2 aliphatic heterocycles. The molecule has 3 heteroatoms. The first-order valence-electron chi connectivity index (χ1n) is 8.60. The number of hydrogen-bond acceptors (Lipinski definition) is 2. The van der Waals surface area contributed by atoms with Crippen LogP contribution in [0.3, 0.4) is 0 Å². The van der Waals surface area contributed by atoms with Crippen molar-refractivity contribution in [1.82, 2.24) is 4.90 Å². The molecule has 5 rings (SSSR count). The smallest absolute Gasteiger partial charge is 0.258 e. The summed E-state index contributed by atoms with van der Waals surface area (Å²) in [6.45, 7) is 2.96. The second-order valence-corrected chi connectivity index (χ2v) is 7.54. The number of rotatable bonds is 2. The Labute approximate surface area is 132 Å². The molecule has 4 aliphatic rings. The summed E-state index contributed by atoms with van der Waals surface area (Å²) in [5, 5.41) is 0. The molecule has 1 amide bonds. The molecule has 1 aromatic carbocycles. The summed E-state index contributed by atoms with van der Waals surface area (Å²) in [5.41, 5.74) is 1.79. The molecular weight excluding hydrogens is 274 g/mol. The largest absolute Gasteiger partial charge is 0.496 e. The minimum atomic E-state index is 0.188. The molecule has 0 aromatic heterocycles. The molecule has 22 heavy (non-hydrogen) atoms. The maximum absolute atomic E-state index is 13.3. The van der Waals surface area contributed by atoms with E-state index in [-0.39, 0.29) is 5.91 Å². The van der Waals surface area contributed by atoms with Crippen LogP contribution in [0.1, 0.15) is 48.0 Å². The molecule has 118 valence electrons. The molecular formula is C19H25NO2. The van der Waals surface area contributed by atoms with Crippen molar-refractivity contribution in [2.75, 3.05) is 13.7 Å². The topological polar surface area (TPSA) is 29.5 Å². The fourth-order valence-corrected chi connectivity index (χ4v) is 5.26. The lowest BCUT2D eigenvalue weighted by Crippen LogP contribution is -2.42. The molecule has 1 aromatic rings. The normalized spacial score (nSPS) is 32.9. The second-order valence-electron chi connectivity index (χ2n) is 7.54. The summed E-state index contributed by atoms with van der Waals surface area (Å²) in [4.78, 5) is 15.5. The molecule has 3 nitrogen and oxygen atoms in total. The van der Waals surface area contributed by atoms with Gasteiger partial charge in [0.1, 0.15) is 5.75 Å². The summed E-state index contributed by atoms with van der Waals surface area (Å²) >= 11 is 0. The highest BCUT2D eigenvalue weighted by atomic mass is 16.5. The Bertz CT molecular complexity index is 583. The van der Waals surface area contributed by atoms with Crippen LogP contribution in [0.2, 0.25) is 0 Å². The average molecular weight is 299 g/mol. The lowest BCUT2D eigenvalue weighted by molar-refractivity contribution is 0.0628. The third-order valence-electron chi connectivity index (χ3n) is 6.04. The van der Waals surface area contributed by atoms with Crippen molar-refractivity contribution in [3.05, 3.63) is 29.3 Å². The van der Waals surface area contributed by atoms with Gasteiger partial charge in [0.25, 0.3) is 5.91 Å². The molecule has 4 bridgehead atoms. The number of amides is 1. The lowest BCUT2D eigenvalue weighted by atomic mass is 9.68. The molecule has 2 atom stereocenters. The highest BCUT2D eigenvalue weighted by Crippen LogP contribution is 2.48. The predicted molar refractivity (Wildman–Crippen MR) is 86.1 cm³/mol. The third-order valence-corrected chi connectivity index (χ3v) is 6.04. The van der Waals surface area contributed by atoms with Crippen LogP contribution in [0.15, 0.2) is 18.2 Å². The van der Waals surface area contributed by atoms with E-state index >= 15 is 0 Å². The van der Waals surface area contributed by atoms with Crippen molar-refractivity contribution < 1.29 is 9.53 Å². The van der Waals surface area contributed by atoms with Gasteiger partial charge in [0.2, 0.25) is 0 Å². The summed E-state index contributed by atoms with van der Waals surface area (Å²) < 4.78 is 5.46. The summed E-state index contributed by atoms with van der Waals surface area (Å²) in [6, 6.07) is 6.33. The van der Waals surface area contributed by atoms with E-state index in [0.717, 1.165) is 35.4 Å². The average Bonchev–Trinajstić information content (AvgIpc) is 2.70. The monoisotopic (exact) mass is 299 g/mol. The second kappa shape index (κ2) is 5.29. The minimum Gasteiger partial charge on any atom is -0.496 e. The van der Waals surface area contributed by atoms with Crippen LogP contribution in [0, 0.1) is 24.7 Å². The van der Waals surface area contributed by atoms with Gasteiger partial charge in [-0.3, -0.25) is 4.79 Å². The predicted octanol–water partition coefficient (Wildman–Crippen LogP) is 3.65. The molecule has 2 heterocycles. The fourth-order valence-electron chi connectivity index (χ4n) is 5.26. The zero-order valence-electron chi connectivity index (χ0n) is 13.5.